The van der Waals surface area contributed by atoms with Gasteiger partial charge in [-0.3, -0.25) is 19.7 Å². The van der Waals surface area contributed by atoms with Gasteiger partial charge in [-0.15, -0.1) is 0 Å². The third-order valence-corrected chi connectivity index (χ3v) is 5.30. The molecule has 0 aliphatic carbocycles. The van der Waals surface area contributed by atoms with E-state index >= 15 is 0 Å². The van der Waals surface area contributed by atoms with Gasteiger partial charge in [0.05, 0.1) is 4.92 Å². The second-order valence-electron chi connectivity index (χ2n) is 8.82. The van der Waals surface area contributed by atoms with Crippen LogP contribution in [0.2, 0.25) is 0 Å². The molecule has 0 bridgehead atoms. The molecule has 2 aromatic rings. The minimum Gasteiger partial charge on any atom is -0.459 e. The lowest BCUT2D eigenvalue weighted by Gasteiger charge is -2.42. The zero-order chi connectivity index (χ0) is 23.0. The quantitative estimate of drug-likeness (QED) is 0.408. The number of anilines is 1. The zero-order valence-corrected chi connectivity index (χ0v) is 18.0. The smallest absolute Gasteiger partial charge is 0.318 e. The topological polar surface area (TPSA) is 89.8 Å². The van der Waals surface area contributed by atoms with Crippen LogP contribution in [0.5, 0.6) is 0 Å². The van der Waals surface area contributed by atoms with E-state index < -0.39 is 27.7 Å². The fourth-order valence-corrected chi connectivity index (χ4v) is 3.78. The maximum atomic E-state index is 13.6. The number of nitro benzene ring substituents is 1. The predicted molar refractivity (Wildman–Crippen MR) is 113 cm³/mol. The Morgan fingerprint density at radius 2 is 1.84 bits per heavy atom. The molecular weight excluding hydrogens is 403 g/mol. The van der Waals surface area contributed by atoms with Gasteiger partial charge in [-0.25, -0.2) is 4.39 Å². The Hall–Kier alpha value is -3.29. The molecule has 3 rings (SSSR count). The molecular formula is C23H25FN2O5. The predicted octanol–water partition coefficient (Wildman–Crippen LogP) is 4.45. The van der Waals surface area contributed by atoms with E-state index in [2.05, 4.69) is 0 Å². The molecule has 1 saturated heterocycles. The first kappa shape index (κ1) is 22.4. The van der Waals surface area contributed by atoms with Crippen LogP contribution in [0.4, 0.5) is 15.8 Å². The number of rotatable bonds is 4. The normalized spacial score (nSPS) is 19.3. The Balaban J connectivity index is 2.13. The molecule has 1 heterocycles. The molecule has 1 aliphatic heterocycles. The Morgan fingerprint density at radius 1 is 1.19 bits per heavy atom. The summed E-state index contributed by atoms with van der Waals surface area (Å²) < 4.78 is 19.3. The molecule has 0 radical (unpaired) electrons. The number of benzene rings is 2. The van der Waals surface area contributed by atoms with Gasteiger partial charge in [0.15, 0.2) is 0 Å². The first-order valence-corrected chi connectivity index (χ1v) is 9.98. The SMILES string of the molecule is Cc1ccc(N2CC(C(=O)OC(C)(C)C)(c3ccc(F)cc3)CCC2=O)c([N+](=O)[O-])c1. The number of nitrogens with zero attached hydrogens (tertiary/aromatic N) is 2. The average Bonchev–Trinajstić information content (AvgIpc) is 2.68. The van der Waals surface area contributed by atoms with Crippen molar-refractivity contribution >= 4 is 23.3 Å². The van der Waals surface area contributed by atoms with Gasteiger partial charge >= 0.3 is 5.97 Å². The van der Waals surface area contributed by atoms with Crippen LogP contribution in [-0.4, -0.2) is 28.9 Å². The summed E-state index contributed by atoms with van der Waals surface area (Å²) in [5.41, 5.74) is -0.991. The summed E-state index contributed by atoms with van der Waals surface area (Å²) in [6.45, 7) is 6.79. The number of nitro groups is 1. The van der Waals surface area contributed by atoms with Gasteiger partial charge < -0.3 is 9.64 Å². The molecule has 1 fully saturated rings. The molecule has 1 amide bonds. The number of esters is 1. The fraction of sp³-hybridized carbons (Fsp3) is 0.391. The van der Waals surface area contributed by atoms with E-state index in [0.717, 1.165) is 0 Å². The third kappa shape index (κ3) is 4.57. The highest BCUT2D eigenvalue weighted by atomic mass is 19.1. The summed E-state index contributed by atoms with van der Waals surface area (Å²) in [6, 6.07) is 10.1. The molecule has 0 aromatic heterocycles. The van der Waals surface area contributed by atoms with Gasteiger partial charge in [-0.1, -0.05) is 18.2 Å². The summed E-state index contributed by atoms with van der Waals surface area (Å²) in [5.74, 6) is -1.34. The average molecular weight is 428 g/mol. The number of halogens is 1. The monoisotopic (exact) mass is 428 g/mol. The number of amides is 1. The molecule has 7 nitrogen and oxygen atoms in total. The Morgan fingerprint density at radius 3 is 2.42 bits per heavy atom. The summed E-state index contributed by atoms with van der Waals surface area (Å²) in [5, 5.41) is 11.6. The summed E-state index contributed by atoms with van der Waals surface area (Å²) in [7, 11) is 0. The van der Waals surface area contributed by atoms with Crippen LogP contribution in [0.25, 0.3) is 0 Å². The minimum atomic E-state index is -1.28. The number of hydrogen-bond acceptors (Lipinski definition) is 5. The summed E-state index contributed by atoms with van der Waals surface area (Å²) in [4.78, 5) is 38.6. The van der Waals surface area contributed by atoms with Crippen molar-refractivity contribution in [2.75, 3.05) is 11.4 Å². The van der Waals surface area contributed by atoms with E-state index in [1.165, 1.54) is 41.3 Å². The van der Waals surface area contributed by atoms with Gasteiger partial charge in [-0.05, 0) is 63.4 Å². The van der Waals surface area contributed by atoms with Crippen LogP contribution in [0.15, 0.2) is 42.5 Å². The highest BCUT2D eigenvalue weighted by Gasteiger charge is 2.49. The lowest BCUT2D eigenvalue weighted by atomic mass is 9.73. The van der Waals surface area contributed by atoms with Gasteiger partial charge in [0.2, 0.25) is 5.91 Å². The van der Waals surface area contributed by atoms with Gasteiger partial charge in [-0.2, -0.15) is 0 Å². The van der Waals surface area contributed by atoms with E-state index in [1.54, 1.807) is 33.8 Å². The maximum absolute atomic E-state index is 13.6. The number of carbonyl (C=O) groups is 2. The van der Waals surface area contributed by atoms with Crippen molar-refractivity contribution in [3.63, 3.8) is 0 Å². The number of aryl methyl sites for hydroxylation is 1. The van der Waals surface area contributed by atoms with Crippen molar-refractivity contribution in [2.45, 2.75) is 51.6 Å². The van der Waals surface area contributed by atoms with Crippen molar-refractivity contribution in [3.05, 3.63) is 69.5 Å². The van der Waals surface area contributed by atoms with Crippen molar-refractivity contribution in [1.82, 2.24) is 0 Å². The second kappa shape index (κ2) is 8.09. The Labute approximate surface area is 180 Å². The molecule has 1 aliphatic rings. The Kier molecular flexibility index (Phi) is 5.85. The molecule has 0 spiro atoms. The number of hydrogen-bond donors (Lipinski definition) is 0. The number of carbonyl (C=O) groups excluding carboxylic acids is 2. The fourth-order valence-electron chi connectivity index (χ4n) is 3.78. The standard InChI is InChI=1S/C23H25FN2O5/c1-15-5-10-18(19(13-15)26(29)30)25-14-23(12-11-20(25)27,21(28)31-22(2,3)4)16-6-8-17(24)9-7-16/h5-10,13H,11-12,14H2,1-4H3. The third-order valence-electron chi connectivity index (χ3n) is 5.30. The lowest BCUT2D eigenvalue weighted by molar-refractivity contribution is -0.384. The van der Waals surface area contributed by atoms with Crippen LogP contribution in [0.3, 0.4) is 0 Å². The van der Waals surface area contributed by atoms with Crippen molar-refractivity contribution < 1.29 is 23.6 Å². The summed E-state index contributed by atoms with van der Waals surface area (Å²) in [6.07, 6.45) is 0.143. The summed E-state index contributed by atoms with van der Waals surface area (Å²) >= 11 is 0. The van der Waals surface area contributed by atoms with Crippen LogP contribution >= 0.6 is 0 Å². The second-order valence-corrected chi connectivity index (χ2v) is 8.82. The van der Waals surface area contributed by atoms with Crippen molar-refractivity contribution in [1.29, 1.82) is 0 Å². The molecule has 0 N–H and O–H groups in total. The zero-order valence-electron chi connectivity index (χ0n) is 18.0. The molecule has 164 valence electrons. The molecule has 0 saturated carbocycles. The van der Waals surface area contributed by atoms with Crippen molar-refractivity contribution in [2.24, 2.45) is 0 Å². The van der Waals surface area contributed by atoms with Gasteiger partial charge in [0, 0.05) is 19.0 Å². The lowest BCUT2D eigenvalue weighted by Crippen LogP contribution is -2.55. The van der Waals surface area contributed by atoms with E-state index in [1.807, 2.05) is 0 Å². The molecule has 8 heteroatoms. The number of piperidine rings is 1. The van der Waals surface area contributed by atoms with E-state index in [9.17, 15) is 24.1 Å². The molecule has 1 unspecified atom stereocenters. The molecule has 1 atom stereocenters. The Bertz CT molecular complexity index is 1030. The molecule has 2 aromatic carbocycles. The van der Waals surface area contributed by atoms with E-state index in [4.69, 9.17) is 4.74 Å². The minimum absolute atomic E-state index is 0.0123. The highest BCUT2D eigenvalue weighted by molar-refractivity contribution is 6.00. The molecule has 31 heavy (non-hydrogen) atoms. The first-order valence-electron chi connectivity index (χ1n) is 9.98. The first-order chi connectivity index (χ1) is 14.4. The van der Waals surface area contributed by atoms with Crippen LogP contribution < -0.4 is 4.90 Å². The maximum Gasteiger partial charge on any atom is 0.318 e. The highest BCUT2D eigenvalue weighted by Crippen LogP contribution is 2.41. The van der Waals surface area contributed by atoms with E-state index in [0.29, 0.717) is 11.1 Å². The van der Waals surface area contributed by atoms with Gasteiger partial charge in [0.1, 0.15) is 22.5 Å². The van der Waals surface area contributed by atoms with Crippen LogP contribution in [0, 0.1) is 22.9 Å². The van der Waals surface area contributed by atoms with Gasteiger partial charge in [0.25, 0.3) is 5.69 Å². The van der Waals surface area contributed by atoms with Crippen LogP contribution in [-0.2, 0) is 19.7 Å². The number of ether oxygens (including phenoxy) is 1. The largest absolute Gasteiger partial charge is 0.459 e. The van der Waals surface area contributed by atoms with Crippen LogP contribution in [0.1, 0.15) is 44.7 Å². The van der Waals surface area contributed by atoms with E-state index in [-0.39, 0.29) is 36.7 Å². The van der Waals surface area contributed by atoms with Crippen molar-refractivity contribution in [3.8, 4) is 0 Å².